The van der Waals surface area contributed by atoms with E-state index in [0.29, 0.717) is 5.69 Å². The summed E-state index contributed by atoms with van der Waals surface area (Å²) >= 11 is 0. The van der Waals surface area contributed by atoms with E-state index in [-0.39, 0.29) is 13.0 Å². The Balaban J connectivity index is 1.84. The topological polar surface area (TPSA) is 79.2 Å². The fourth-order valence-electron chi connectivity index (χ4n) is 2.74. The zero-order valence-corrected chi connectivity index (χ0v) is 11.8. The Morgan fingerprint density at radius 2 is 1.91 bits per heavy atom. The highest BCUT2D eigenvalue weighted by molar-refractivity contribution is 5.97. The van der Waals surface area contributed by atoms with E-state index in [1.807, 2.05) is 30.3 Å². The molecule has 2 heterocycles. The van der Waals surface area contributed by atoms with Gasteiger partial charge in [0.15, 0.2) is 0 Å². The molecule has 5 nitrogen and oxygen atoms in total. The molecule has 0 radical (unpaired) electrons. The Hall–Kier alpha value is -2.63. The number of primary amides is 1. The number of nitrogens with zero attached hydrogens (tertiary/aromatic N) is 1. The SMILES string of the molecule is NC(=O)[C@@H]1C[C@@H](F)CN1C(=O)c1ccc(-c2ccccc2)[nH]1. The second-order valence-corrected chi connectivity index (χ2v) is 5.36. The van der Waals surface area contributed by atoms with Gasteiger partial charge in [0.05, 0.1) is 6.54 Å². The molecule has 0 bridgehead atoms. The molecule has 3 rings (SSSR count). The van der Waals surface area contributed by atoms with Crippen molar-refractivity contribution < 1.29 is 14.0 Å². The zero-order chi connectivity index (χ0) is 15.7. The minimum absolute atomic E-state index is 0.0344. The quantitative estimate of drug-likeness (QED) is 0.905. The number of alkyl halides is 1. The van der Waals surface area contributed by atoms with Crippen molar-refractivity contribution in [1.29, 1.82) is 0 Å². The van der Waals surface area contributed by atoms with Gasteiger partial charge in [0.1, 0.15) is 17.9 Å². The Morgan fingerprint density at radius 3 is 2.59 bits per heavy atom. The van der Waals surface area contributed by atoms with Crippen LogP contribution < -0.4 is 5.73 Å². The van der Waals surface area contributed by atoms with Crippen LogP contribution in [0.1, 0.15) is 16.9 Å². The molecular formula is C16H16FN3O2. The number of hydrogen-bond acceptors (Lipinski definition) is 2. The van der Waals surface area contributed by atoms with E-state index in [0.717, 1.165) is 11.3 Å². The van der Waals surface area contributed by atoms with Crippen LogP contribution in [0.25, 0.3) is 11.3 Å². The highest BCUT2D eigenvalue weighted by atomic mass is 19.1. The summed E-state index contributed by atoms with van der Waals surface area (Å²) in [5, 5.41) is 0. The number of amides is 2. The van der Waals surface area contributed by atoms with Gasteiger partial charge in [0.2, 0.25) is 5.91 Å². The molecule has 1 saturated heterocycles. The Labute approximate surface area is 126 Å². The standard InChI is InChI=1S/C16H16FN3O2/c17-11-8-14(15(18)21)20(9-11)16(22)13-7-6-12(19-13)10-4-2-1-3-5-10/h1-7,11,14,19H,8-9H2,(H2,18,21)/t11-,14+/m1/s1. The summed E-state index contributed by atoms with van der Waals surface area (Å²) in [6.07, 6.45) is -1.25. The van der Waals surface area contributed by atoms with Crippen LogP contribution in [0, 0.1) is 0 Å². The summed E-state index contributed by atoms with van der Waals surface area (Å²) in [4.78, 5) is 28.1. The molecule has 6 heteroatoms. The van der Waals surface area contributed by atoms with Gasteiger partial charge in [0, 0.05) is 12.1 Å². The van der Waals surface area contributed by atoms with Crippen molar-refractivity contribution >= 4 is 11.8 Å². The van der Waals surface area contributed by atoms with Crippen LogP contribution in [-0.4, -0.2) is 40.5 Å². The number of carbonyl (C=O) groups excluding carboxylic acids is 2. The molecule has 2 amide bonds. The molecule has 0 aliphatic carbocycles. The molecule has 22 heavy (non-hydrogen) atoms. The molecule has 1 aromatic carbocycles. The molecule has 114 valence electrons. The van der Waals surface area contributed by atoms with Crippen LogP contribution in [0.3, 0.4) is 0 Å². The molecule has 1 aromatic heterocycles. The Kier molecular flexibility index (Phi) is 3.66. The van der Waals surface area contributed by atoms with Crippen LogP contribution in [0.4, 0.5) is 4.39 Å². The number of aromatic nitrogens is 1. The fourth-order valence-corrected chi connectivity index (χ4v) is 2.74. The largest absolute Gasteiger partial charge is 0.368 e. The van der Waals surface area contributed by atoms with Gasteiger partial charge in [-0.25, -0.2) is 4.39 Å². The summed E-state index contributed by atoms with van der Waals surface area (Å²) in [5.74, 6) is -1.09. The lowest BCUT2D eigenvalue weighted by atomic mass is 10.2. The fraction of sp³-hybridized carbons (Fsp3) is 0.250. The van der Waals surface area contributed by atoms with Crippen molar-refractivity contribution in [2.24, 2.45) is 5.73 Å². The van der Waals surface area contributed by atoms with E-state index in [2.05, 4.69) is 4.98 Å². The molecule has 0 unspecified atom stereocenters. The van der Waals surface area contributed by atoms with Gasteiger partial charge in [-0.1, -0.05) is 30.3 Å². The average Bonchev–Trinajstić information content (AvgIpc) is 3.14. The highest BCUT2D eigenvalue weighted by Crippen LogP contribution is 2.24. The van der Waals surface area contributed by atoms with Crippen LogP contribution >= 0.6 is 0 Å². The highest BCUT2D eigenvalue weighted by Gasteiger charge is 2.39. The van der Waals surface area contributed by atoms with Gasteiger partial charge in [0.25, 0.3) is 5.91 Å². The number of nitrogens with two attached hydrogens (primary N) is 1. The first-order valence-corrected chi connectivity index (χ1v) is 7.05. The number of nitrogens with one attached hydrogen (secondary N) is 1. The smallest absolute Gasteiger partial charge is 0.271 e. The van der Waals surface area contributed by atoms with Crippen molar-refractivity contribution in [2.45, 2.75) is 18.6 Å². The number of aromatic amines is 1. The predicted octanol–water partition coefficient (Wildman–Crippen LogP) is 1.72. The molecule has 3 N–H and O–H groups in total. The third kappa shape index (κ3) is 2.59. The Bertz CT molecular complexity index is 698. The van der Waals surface area contributed by atoms with Gasteiger partial charge in [-0.2, -0.15) is 0 Å². The third-order valence-corrected chi connectivity index (χ3v) is 3.84. The molecule has 0 spiro atoms. The predicted molar refractivity (Wildman–Crippen MR) is 79.8 cm³/mol. The van der Waals surface area contributed by atoms with Crippen LogP contribution in [0.15, 0.2) is 42.5 Å². The first kappa shape index (κ1) is 14.3. The van der Waals surface area contributed by atoms with Gasteiger partial charge >= 0.3 is 0 Å². The second-order valence-electron chi connectivity index (χ2n) is 5.36. The molecule has 2 aromatic rings. The summed E-state index contributed by atoms with van der Waals surface area (Å²) in [6.45, 7) is -0.105. The van der Waals surface area contributed by atoms with Crippen LogP contribution in [0.5, 0.6) is 0 Å². The molecule has 1 aliphatic rings. The molecule has 0 saturated carbocycles. The van der Waals surface area contributed by atoms with E-state index in [9.17, 15) is 14.0 Å². The monoisotopic (exact) mass is 301 g/mol. The number of hydrogen-bond donors (Lipinski definition) is 2. The van der Waals surface area contributed by atoms with Crippen molar-refractivity contribution in [3.8, 4) is 11.3 Å². The van der Waals surface area contributed by atoms with E-state index in [1.165, 1.54) is 4.90 Å². The molecule has 2 atom stereocenters. The minimum atomic E-state index is -1.22. The normalized spacial score (nSPS) is 21.0. The van der Waals surface area contributed by atoms with Gasteiger partial charge in [-0.05, 0) is 17.7 Å². The average molecular weight is 301 g/mol. The first-order chi connectivity index (χ1) is 10.6. The lowest BCUT2D eigenvalue weighted by molar-refractivity contribution is -0.121. The number of benzene rings is 1. The summed E-state index contributed by atoms with van der Waals surface area (Å²) in [5.41, 5.74) is 7.30. The molecule has 1 aliphatic heterocycles. The number of rotatable bonds is 3. The minimum Gasteiger partial charge on any atom is -0.368 e. The van der Waals surface area contributed by atoms with E-state index in [1.54, 1.807) is 12.1 Å². The Morgan fingerprint density at radius 1 is 1.18 bits per heavy atom. The van der Waals surface area contributed by atoms with Crippen molar-refractivity contribution in [1.82, 2.24) is 9.88 Å². The number of H-pyrrole nitrogens is 1. The maximum absolute atomic E-state index is 13.5. The first-order valence-electron chi connectivity index (χ1n) is 7.05. The molecular weight excluding hydrogens is 285 g/mol. The molecule has 1 fully saturated rings. The van der Waals surface area contributed by atoms with Crippen molar-refractivity contribution in [3.63, 3.8) is 0 Å². The van der Waals surface area contributed by atoms with Gasteiger partial charge < -0.3 is 15.6 Å². The van der Waals surface area contributed by atoms with Crippen LogP contribution in [-0.2, 0) is 4.79 Å². The number of likely N-dealkylation sites (tertiary alicyclic amines) is 1. The maximum atomic E-state index is 13.5. The summed E-state index contributed by atoms with van der Waals surface area (Å²) in [6, 6.07) is 12.1. The van der Waals surface area contributed by atoms with Crippen molar-refractivity contribution in [3.05, 3.63) is 48.2 Å². The van der Waals surface area contributed by atoms with E-state index >= 15 is 0 Å². The number of carbonyl (C=O) groups is 2. The van der Waals surface area contributed by atoms with Crippen LogP contribution in [0.2, 0.25) is 0 Å². The van der Waals surface area contributed by atoms with Gasteiger partial charge in [-0.15, -0.1) is 0 Å². The summed E-state index contributed by atoms with van der Waals surface area (Å²) < 4.78 is 13.5. The zero-order valence-electron chi connectivity index (χ0n) is 11.8. The summed E-state index contributed by atoms with van der Waals surface area (Å²) in [7, 11) is 0. The van der Waals surface area contributed by atoms with Gasteiger partial charge in [-0.3, -0.25) is 9.59 Å². The van der Waals surface area contributed by atoms with E-state index in [4.69, 9.17) is 5.73 Å². The van der Waals surface area contributed by atoms with E-state index < -0.39 is 24.0 Å². The lowest BCUT2D eigenvalue weighted by Gasteiger charge is -2.20. The lowest BCUT2D eigenvalue weighted by Crippen LogP contribution is -2.43. The van der Waals surface area contributed by atoms with Crippen molar-refractivity contribution in [2.75, 3.05) is 6.54 Å². The third-order valence-electron chi connectivity index (χ3n) is 3.84. The second kappa shape index (κ2) is 5.63. The number of halogens is 1. The maximum Gasteiger partial charge on any atom is 0.271 e.